The lowest BCUT2D eigenvalue weighted by molar-refractivity contribution is -0.138. The van der Waals surface area contributed by atoms with Gasteiger partial charge < -0.3 is 20.7 Å². The molecule has 2 unspecified atom stereocenters. The Kier molecular flexibility index (Phi) is 5.48. The number of rotatable bonds is 3. The second-order valence-electron chi connectivity index (χ2n) is 5.52. The number of carbonyl (C=O) groups excluding carboxylic acids is 1. The van der Waals surface area contributed by atoms with Gasteiger partial charge in [-0.15, -0.1) is 0 Å². The summed E-state index contributed by atoms with van der Waals surface area (Å²) in [6, 6.07) is 6.93. The van der Waals surface area contributed by atoms with Crippen molar-refractivity contribution in [3.8, 4) is 6.07 Å². The Morgan fingerprint density at radius 3 is 2.70 bits per heavy atom. The normalized spacial score (nSPS) is 21.7. The Hall–Kier alpha value is -2.23. The summed E-state index contributed by atoms with van der Waals surface area (Å²) in [6.45, 7) is 4.74. The number of benzene rings is 1. The van der Waals surface area contributed by atoms with E-state index in [-0.39, 0.29) is 23.7 Å². The van der Waals surface area contributed by atoms with E-state index in [9.17, 15) is 10.1 Å². The van der Waals surface area contributed by atoms with Crippen molar-refractivity contribution in [2.24, 2.45) is 0 Å². The summed E-state index contributed by atoms with van der Waals surface area (Å²) in [5.74, 6) is -0.316. The van der Waals surface area contributed by atoms with E-state index in [0.29, 0.717) is 29.5 Å². The first-order valence-electron chi connectivity index (χ1n) is 7.27. The minimum absolute atomic E-state index is 0.0271. The second-order valence-corrected chi connectivity index (χ2v) is 5.93. The molecule has 1 aliphatic heterocycles. The lowest BCUT2D eigenvalue weighted by Crippen LogP contribution is -2.48. The molecule has 0 aromatic heterocycles. The molecule has 23 heavy (non-hydrogen) atoms. The van der Waals surface area contributed by atoms with Crippen molar-refractivity contribution in [3.05, 3.63) is 35.0 Å². The fourth-order valence-electron chi connectivity index (χ4n) is 2.43. The fraction of sp³-hybridized carbons (Fsp3) is 0.375. The van der Waals surface area contributed by atoms with E-state index in [1.165, 1.54) is 6.20 Å². The largest absolute Gasteiger partial charge is 0.398 e. The number of nitrogens with zero attached hydrogens (tertiary/aromatic N) is 2. The van der Waals surface area contributed by atoms with E-state index >= 15 is 0 Å². The van der Waals surface area contributed by atoms with Crippen molar-refractivity contribution in [1.29, 1.82) is 5.26 Å². The van der Waals surface area contributed by atoms with Gasteiger partial charge in [-0.25, -0.2) is 0 Å². The van der Waals surface area contributed by atoms with Crippen LogP contribution in [0.5, 0.6) is 0 Å². The Labute approximate surface area is 140 Å². The number of nitrogen functional groups attached to an aromatic ring is 1. The molecule has 0 saturated carbocycles. The van der Waals surface area contributed by atoms with Gasteiger partial charge in [-0.05, 0) is 32.0 Å². The molecule has 3 N–H and O–H groups in total. The van der Waals surface area contributed by atoms with Gasteiger partial charge in [0.2, 0.25) is 0 Å². The summed E-state index contributed by atoms with van der Waals surface area (Å²) in [4.78, 5) is 14.1. The van der Waals surface area contributed by atoms with Gasteiger partial charge in [0, 0.05) is 25.0 Å². The van der Waals surface area contributed by atoms with Crippen LogP contribution in [-0.2, 0) is 9.53 Å². The van der Waals surface area contributed by atoms with Crippen LogP contribution in [0.1, 0.15) is 13.8 Å². The molecule has 0 radical (unpaired) electrons. The molecule has 1 aliphatic rings. The van der Waals surface area contributed by atoms with Gasteiger partial charge in [0.1, 0.15) is 11.6 Å². The second kappa shape index (κ2) is 7.36. The third-order valence-corrected chi connectivity index (χ3v) is 3.77. The highest BCUT2D eigenvalue weighted by Gasteiger charge is 2.27. The molecule has 6 nitrogen and oxygen atoms in total. The topological polar surface area (TPSA) is 91.4 Å². The van der Waals surface area contributed by atoms with Crippen LogP contribution >= 0.6 is 11.6 Å². The summed E-state index contributed by atoms with van der Waals surface area (Å²) in [5, 5.41) is 12.6. The number of carbonyl (C=O) groups is 1. The molecule has 1 heterocycles. The van der Waals surface area contributed by atoms with E-state index in [1.54, 1.807) is 23.1 Å². The van der Waals surface area contributed by atoms with Crippen LogP contribution in [0.2, 0.25) is 5.02 Å². The predicted octanol–water partition coefficient (Wildman–Crippen LogP) is 2.38. The van der Waals surface area contributed by atoms with Gasteiger partial charge in [0.25, 0.3) is 5.91 Å². The van der Waals surface area contributed by atoms with E-state index in [4.69, 9.17) is 22.1 Å². The first-order chi connectivity index (χ1) is 10.9. The fourth-order valence-corrected chi connectivity index (χ4v) is 2.61. The van der Waals surface area contributed by atoms with Crippen LogP contribution in [0.25, 0.3) is 0 Å². The zero-order valence-electron chi connectivity index (χ0n) is 13.0. The zero-order chi connectivity index (χ0) is 17.0. The van der Waals surface area contributed by atoms with Gasteiger partial charge in [-0.2, -0.15) is 5.26 Å². The average molecular weight is 335 g/mol. The Morgan fingerprint density at radius 2 is 2.13 bits per heavy atom. The SMILES string of the molecule is CC1CN(C(=O)/C(C#N)=C\Nc2ccc(N)c(Cl)c2)CC(C)O1. The number of ether oxygens (including phenoxy) is 1. The standard InChI is InChI=1S/C16H19ClN4O2/c1-10-8-21(9-11(2)23-10)16(22)12(6-18)7-20-13-3-4-15(19)14(17)5-13/h3-5,7,10-11,20H,8-9,19H2,1-2H3/b12-7-. The lowest BCUT2D eigenvalue weighted by atomic mass is 10.2. The molecule has 1 saturated heterocycles. The van der Waals surface area contributed by atoms with Crippen molar-refractivity contribution in [1.82, 2.24) is 4.90 Å². The minimum atomic E-state index is -0.316. The molecule has 2 atom stereocenters. The Morgan fingerprint density at radius 1 is 1.48 bits per heavy atom. The minimum Gasteiger partial charge on any atom is -0.398 e. The molecule has 7 heteroatoms. The smallest absolute Gasteiger partial charge is 0.266 e. The maximum Gasteiger partial charge on any atom is 0.266 e. The van der Waals surface area contributed by atoms with Crippen LogP contribution in [0.15, 0.2) is 30.0 Å². The highest BCUT2D eigenvalue weighted by Crippen LogP contribution is 2.22. The summed E-state index contributed by atoms with van der Waals surface area (Å²) in [6.07, 6.45) is 1.28. The van der Waals surface area contributed by atoms with Crippen molar-refractivity contribution in [2.75, 3.05) is 24.1 Å². The quantitative estimate of drug-likeness (QED) is 0.503. The molecule has 1 aromatic carbocycles. The zero-order valence-corrected chi connectivity index (χ0v) is 13.8. The molecular weight excluding hydrogens is 316 g/mol. The Bertz CT molecular complexity index is 659. The average Bonchev–Trinajstić information content (AvgIpc) is 2.50. The molecular formula is C16H19ClN4O2. The molecule has 1 aromatic rings. The maximum absolute atomic E-state index is 12.5. The highest BCUT2D eigenvalue weighted by molar-refractivity contribution is 6.33. The van der Waals surface area contributed by atoms with Crippen molar-refractivity contribution < 1.29 is 9.53 Å². The van der Waals surface area contributed by atoms with Crippen molar-refractivity contribution in [2.45, 2.75) is 26.1 Å². The van der Waals surface area contributed by atoms with Crippen LogP contribution in [0.3, 0.4) is 0 Å². The molecule has 0 aliphatic carbocycles. The summed E-state index contributed by atoms with van der Waals surface area (Å²) >= 11 is 5.94. The predicted molar refractivity (Wildman–Crippen MR) is 89.8 cm³/mol. The van der Waals surface area contributed by atoms with Gasteiger partial charge in [0.05, 0.1) is 22.9 Å². The van der Waals surface area contributed by atoms with E-state index in [0.717, 1.165) is 0 Å². The van der Waals surface area contributed by atoms with Crippen LogP contribution in [0, 0.1) is 11.3 Å². The molecule has 1 amide bonds. The number of morpholine rings is 1. The lowest BCUT2D eigenvalue weighted by Gasteiger charge is -2.35. The van der Waals surface area contributed by atoms with E-state index < -0.39 is 0 Å². The first kappa shape index (κ1) is 17.1. The van der Waals surface area contributed by atoms with Crippen molar-refractivity contribution >= 4 is 28.9 Å². The molecule has 0 bridgehead atoms. The number of hydrogen-bond donors (Lipinski definition) is 2. The van der Waals surface area contributed by atoms with Gasteiger partial charge in [-0.1, -0.05) is 11.6 Å². The van der Waals surface area contributed by atoms with Crippen molar-refractivity contribution in [3.63, 3.8) is 0 Å². The third-order valence-electron chi connectivity index (χ3n) is 3.44. The van der Waals surface area contributed by atoms with E-state index in [2.05, 4.69) is 5.32 Å². The highest BCUT2D eigenvalue weighted by atomic mass is 35.5. The summed E-state index contributed by atoms with van der Waals surface area (Å²) in [5.41, 5.74) is 6.78. The molecule has 0 spiro atoms. The number of nitrogens with two attached hydrogens (primary N) is 1. The third kappa shape index (κ3) is 4.38. The van der Waals surface area contributed by atoms with Crippen LogP contribution < -0.4 is 11.1 Å². The van der Waals surface area contributed by atoms with Gasteiger partial charge in [0.15, 0.2) is 0 Å². The molecule has 122 valence electrons. The molecule has 2 rings (SSSR count). The number of hydrogen-bond acceptors (Lipinski definition) is 5. The van der Waals surface area contributed by atoms with E-state index in [1.807, 2.05) is 19.9 Å². The number of amides is 1. The molecule has 1 fully saturated rings. The first-order valence-corrected chi connectivity index (χ1v) is 7.65. The number of nitrogens with one attached hydrogen (secondary N) is 1. The van der Waals surface area contributed by atoms with Gasteiger partial charge in [-0.3, -0.25) is 4.79 Å². The monoisotopic (exact) mass is 334 g/mol. The van der Waals surface area contributed by atoms with Crippen LogP contribution in [0.4, 0.5) is 11.4 Å². The maximum atomic E-state index is 12.5. The van der Waals surface area contributed by atoms with Crippen LogP contribution in [-0.4, -0.2) is 36.1 Å². The number of halogens is 1. The number of nitriles is 1. The summed E-state index contributed by atoms with van der Waals surface area (Å²) in [7, 11) is 0. The Balaban J connectivity index is 2.10. The number of anilines is 2. The van der Waals surface area contributed by atoms with Gasteiger partial charge >= 0.3 is 0 Å². The summed E-state index contributed by atoms with van der Waals surface area (Å²) < 4.78 is 5.60.